The molecule has 0 radical (unpaired) electrons. The molecule has 0 saturated carbocycles. The maximum Gasteiger partial charge on any atom is 0.101 e. The minimum Gasteiger partial charge on any atom is -0.316 e. The summed E-state index contributed by atoms with van der Waals surface area (Å²) >= 11 is 1.57. The van der Waals surface area contributed by atoms with Gasteiger partial charge in [-0.1, -0.05) is 0 Å². The Hall–Kier alpha value is -1.00. The number of hydrogen-bond acceptors (Lipinski definition) is 4. The zero-order valence-corrected chi connectivity index (χ0v) is 9.26. The number of aromatic nitrogens is 2. The van der Waals surface area contributed by atoms with Gasteiger partial charge in [0.1, 0.15) is 5.52 Å². The van der Waals surface area contributed by atoms with Crippen LogP contribution < -0.4 is 5.32 Å². The van der Waals surface area contributed by atoms with Gasteiger partial charge in [0.15, 0.2) is 0 Å². The van der Waals surface area contributed by atoms with Crippen LogP contribution in [0.25, 0.3) is 10.2 Å². The number of fused-ring (bicyclic) bond motifs is 1. The Kier molecular flexibility index (Phi) is 2.38. The molecule has 1 fully saturated rings. The molecule has 0 aliphatic carbocycles. The smallest absolute Gasteiger partial charge is 0.101 e. The third-order valence-electron chi connectivity index (χ3n) is 3.02. The van der Waals surface area contributed by atoms with E-state index in [-0.39, 0.29) is 0 Å². The lowest BCUT2D eigenvalue weighted by Gasteiger charge is -2.23. The maximum absolute atomic E-state index is 4.32. The van der Waals surface area contributed by atoms with Crippen LogP contribution in [0, 0.1) is 0 Å². The second kappa shape index (κ2) is 3.87. The average Bonchev–Trinajstić information content (AvgIpc) is 2.78. The normalized spacial score (nSPS) is 22.0. The lowest BCUT2D eigenvalue weighted by atomic mass is 9.92. The second-order valence-electron chi connectivity index (χ2n) is 3.98. The summed E-state index contributed by atoms with van der Waals surface area (Å²) in [4.78, 5) is 4.32. The number of piperidine rings is 1. The Morgan fingerprint density at radius 1 is 1.47 bits per heavy atom. The molecular formula is C11H13N3S. The molecule has 0 spiro atoms. The van der Waals surface area contributed by atoms with Crippen molar-refractivity contribution in [1.29, 1.82) is 0 Å². The van der Waals surface area contributed by atoms with Crippen molar-refractivity contribution >= 4 is 21.7 Å². The fourth-order valence-corrected chi connectivity index (χ4v) is 3.04. The van der Waals surface area contributed by atoms with E-state index in [9.17, 15) is 0 Å². The zero-order chi connectivity index (χ0) is 10.1. The lowest BCUT2D eigenvalue weighted by Crippen LogP contribution is -2.28. The fourth-order valence-electron chi connectivity index (χ4n) is 2.24. The molecule has 0 amide bonds. The fraction of sp³-hybridized carbons (Fsp3) is 0.455. The molecule has 3 nitrogen and oxygen atoms in total. The van der Waals surface area contributed by atoms with Gasteiger partial charge in [-0.25, -0.2) is 0 Å². The van der Waals surface area contributed by atoms with Gasteiger partial charge in [-0.3, -0.25) is 4.98 Å². The highest BCUT2D eigenvalue weighted by Crippen LogP contribution is 2.30. The van der Waals surface area contributed by atoms with Crippen LogP contribution in [0.3, 0.4) is 0 Å². The summed E-state index contributed by atoms with van der Waals surface area (Å²) in [6.07, 6.45) is 6.32. The number of nitrogens with zero attached hydrogens (tertiary/aromatic N) is 2. The highest BCUT2D eigenvalue weighted by atomic mass is 32.1. The molecule has 1 aliphatic heterocycles. The van der Waals surface area contributed by atoms with Crippen molar-refractivity contribution in [1.82, 2.24) is 14.7 Å². The number of hydrogen-bond donors (Lipinski definition) is 1. The summed E-state index contributed by atoms with van der Waals surface area (Å²) in [7, 11) is 0. The van der Waals surface area contributed by atoms with Gasteiger partial charge in [-0.05, 0) is 48.5 Å². The second-order valence-corrected chi connectivity index (χ2v) is 4.79. The Bertz CT molecular complexity index is 460. The summed E-state index contributed by atoms with van der Waals surface area (Å²) in [6.45, 7) is 2.25. The average molecular weight is 219 g/mol. The summed E-state index contributed by atoms with van der Waals surface area (Å²) < 4.78 is 5.49. The molecule has 1 unspecified atom stereocenters. The van der Waals surface area contributed by atoms with E-state index < -0.39 is 0 Å². The summed E-state index contributed by atoms with van der Waals surface area (Å²) in [6, 6.07) is 2.15. The van der Waals surface area contributed by atoms with Gasteiger partial charge >= 0.3 is 0 Å². The molecule has 1 atom stereocenters. The van der Waals surface area contributed by atoms with Crippen LogP contribution in [-0.2, 0) is 0 Å². The quantitative estimate of drug-likeness (QED) is 0.798. The molecule has 1 aliphatic rings. The molecule has 0 bridgehead atoms. The molecule has 78 valence electrons. The molecule has 15 heavy (non-hydrogen) atoms. The summed E-state index contributed by atoms with van der Waals surface area (Å²) in [5, 5.41) is 3.45. The van der Waals surface area contributed by atoms with Crippen LogP contribution in [0.1, 0.15) is 24.3 Å². The van der Waals surface area contributed by atoms with Crippen LogP contribution in [0.2, 0.25) is 0 Å². The Morgan fingerprint density at radius 2 is 2.47 bits per heavy atom. The maximum atomic E-state index is 4.32. The predicted molar refractivity (Wildman–Crippen MR) is 62.3 cm³/mol. The van der Waals surface area contributed by atoms with Crippen LogP contribution in [0.4, 0.5) is 0 Å². The van der Waals surface area contributed by atoms with E-state index in [1.54, 1.807) is 11.5 Å². The molecule has 4 heteroatoms. The van der Waals surface area contributed by atoms with Crippen molar-refractivity contribution in [3.05, 3.63) is 24.0 Å². The summed E-state index contributed by atoms with van der Waals surface area (Å²) in [5.74, 6) is 0.643. The van der Waals surface area contributed by atoms with Crippen LogP contribution >= 0.6 is 11.5 Å². The number of nitrogens with one attached hydrogen (secondary N) is 1. The van der Waals surface area contributed by atoms with Crippen LogP contribution in [0.5, 0.6) is 0 Å². The van der Waals surface area contributed by atoms with Gasteiger partial charge in [-0.2, -0.15) is 4.37 Å². The van der Waals surface area contributed by atoms with Crippen LogP contribution in [0.15, 0.2) is 18.5 Å². The number of pyridine rings is 1. The first-order valence-electron chi connectivity index (χ1n) is 5.35. The molecule has 3 rings (SSSR count). The van der Waals surface area contributed by atoms with Gasteiger partial charge in [0.05, 0.1) is 10.9 Å². The third-order valence-corrected chi connectivity index (χ3v) is 3.86. The first-order valence-corrected chi connectivity index (χ1v) is 6.12. The van der Waals surface area contributed by atoms with Crippen molar-refractivity contribution in [2.75, 3.05) is 13.1 Å². The SMILES string of the molecule is c1cc(C2CCCNC2)c2sncc2n1. The van der Waals surface area contributed by atoms with Gasteiger partial charge in [0.2, 0.25) is 0 Å². The topological polar surface area (TPSA) is 37.8 Å². The largest absolute Gasteiger partial charge is 0.316 e. The van der Waals surface area contributed by atoms with Crippen molar-refractivity contribution in [3.63, 3.8) is 0 Å². The van der Waals surface area contributed by atoms with Gasteiger partial charge in [-0.15, -0.1) is 0 Å². The highest BCUT2D eigenvalue weighted by Gasteiger charge is 2.18. The van der Waals surface area contributed by atoms with Gasteiger partial charge in [0.25, 0.3) is 0 Å². The Labute approximate surface area is 92.7 Å². The van der Waals surface area contributed by atoms with Crippen LogP contribution in [-0.4, -0.2) is 22.4 Å². The molecule has 1 N–H and O–H groups in total. The minimum absolute atomic E-state index is 0.643. The minimum atomic E-state index is 0.643. The van der Waals surface area contributed by atoms with Crippen molar-refractivity contribution in [2.24, 2.45) is 0 Å². The van der Waals surface area contributed by atoms with E-state index in [2.05, 4.69) is 20.7 Å². The van der Waals surface area contributed by atoms with Crippen molar-refractivity contribution in [2.45, 2.75) is 18.8 Å². The van der Waals surface area contributed by atoms with Gasteiger partial charge in [0, 0.05) is 12.7 Å². The van der Waals surface area contributed by atoms with E-state index in [1.807, 2.05) is 12.4 Å². The van der Waals surface area contributed by atoms with Crippen molar-refractivity contribution in [3.8, 4) is 0 Å². The molecule has 0 aromatic carbocycles. The molecular weight excluding hydrogens is 206 g/mol. The molecule has 3 heterocycles. The zero-order valence-electron chi connectivity index (χ0n) is 8.44. The molecule has 2 aromatic heterocycles. The lowest BCUT2D eigenvalue weighted by molar-refractivity contribution is 0.463. The van der Waals surface area contributed by atoms with E-state index in [0.717, 1.165) is 18.6 Å². The third kappa shape index (κ3) is 1.64. The summed E-state index contributed by atoms with van der Waals surface area (Å²) in [5.41, 5.74) is 2.47. The Morgan fingerprint density at radius 3 is 3.33 bits per heavy atom. The van der Waals surface area contributed by atoms with E-state index in [4.69, 9.17) is 0 Å². The standard InChI is InChI=1S/C11H13N3S/c1-2-8(6-12-4-1)9-3-5-13-10-7-14-15-11(9)10/h3,5,7-8,12H,1-2,4,6H2. The van der Waals surface area contributed by atoms with Gasteiger partial charge < -0.3 is 5.32 Å². The Balaban J connectivity index is 2.05. The van der Waals surface area contributed by atoms with E-state index in [1.165, 1.54) is 23.1 Å². The van der Waals surface area contributed by atoms with Crippen molar-refractivity contribution < 1.29 is 0 Å². The highest BCUT2D eigenvalue weighted by molar-refractivity contribution is 7.13. The number of rotatable bonds is 1. The first-order chi connectivity index (χ1) is 7.45. The van der Waals surface area contributed by atoms with E-state index >= 15 is 0 Å². The van der Waals surface area contributed by atoms with E-state index in [0.29, 0.717) is 5.92 Å². The molecule has 2 aromatic rings. The molecule has 1 saturated heterocycles. The first kappa shape index (κ1) is 9.24. The predicted octanol–water partition coefficient (Wildman–Crippen LogP) is 2.16. The monoisotopic (exact) mass is 219 g/mol.